The van der Waals surface area contributed by atoms with Gasteiger partial charge >= 0.3 is 5.97 Å². The second-order valence-electron chi connectivity index (χ2n) is 7.16. The molecule has 0 aliphatic carbocycles. The van der Waals surface area contributed by atoms with Gasteiger partial charge in [0.15, 0.2) is 5.11 Å². The Kier molecular flexibility index (Phi) is 10.7. The van der Waals surface area contributed by atoms with Crippen LogP contribution in [0.4, 0.5) is 5.69 Å². The van der Waals surface area contributed by atoms with Gasteiger partial charge in [0.25, 0.3) is 0 Å². The number of carbonyl (C=O) groups is 1. The lowest BCUT2D eigenvalue weighted by atomic mass is 10.1. The van der Waals surface area contributed by atoms with Crippen molar-refractivity contribution < 1.29 is 9.53 Å². The Bertz CT molecular complexity index is 807. The third kappa shape index (κ3) is 7.76. The van der Waals surface area contributed by atoms with Crippen LogP contribution in [0.5, 0.6) is 0 Å². The van der Waals surface area contributed by atoms with Gasteiger partial charge in [0.1, 0.15) is 4.88 Å². The fourth-order valence-corrected chi connectivity index (χ4v) is 4.87. The topological polar surface area (TPSA) is 50.4 Å². The van der Waals surface area contributed by atoms with Crippen LogP contribution in [0.15, 0.2) is 18.2 Å². The van der Waals surface area contributed by atoms with Gasteiger partial charge in [-0.2, -0.15) is 0 Å². The smallest absolute Gasteiger partial charge is 0.349 e. The van der Waals surface area contributed by atoms with Gasteiger partial charge in [-0.25, -0.2) is 4.79 Å². The van der Waals surface area contributed by atoms with Crippen LogP contribution in [0, 0.1) is 0 Å². The number of hydrogen-bond donors (Lipinski definition) is 2. The molecule has 2 aromatic rings. The maximum atomic E-state index is 11.8. The Morgan fingerprint density at radius 1 is 1.10 bits per heavy atom. The zero-order valence-electron chi connectivity index (χ0n) is 17.3. The van der Waals surface area contributed by atoms with E-state index in [0.717, 1.165) is 28.7 Å². The van der Waals surface area contributed by atoms with Gasteiger partial charge in [-0.1, -0.05) is 69.9 Å². The molecule has 0 saturated heterocycles. The molecule has 160 valence electrons. The van der Waals surface area contributed by atoms with Crippen molar-refractivity contribution in [2.75, 3.05) is 19.0 Å². The Morgan fingerprint density at radius 3 is 2.41 bits per heavy atom. The van der Waals surface area contributed by atoms with E-state index in [1.165, 1.54) is 69.8 Å². The fourth-order valence-electron chi connectivity index (χ4n) is 3.18. The first kappa shape index (κ1) is 23.9. The summed E-state index contributed by atoms with van der Waals surface area (Å²) in [5, 5.41) is 8.36. The van der Waals surface area contributed by atoms with Crippen molar-refractivity contribution in [2.24, 2.45) is 0 Å². The van der Waals surface area contributed by atoms with Crippen LogP contribution in [-0.4, -0.2) is 24.7 Å². The lowest BCUT2D eigenvalue weighted by Gasteiger charge is -2.10. The summed E-state index contributed by atoms with van der Waals surface area (Å²) in [7, 11) is 1.35. The number of hydrogen-bond acceptors (Lipinski definition) is 4. The van der Waals surface area contributed by atoms with Gasteiger partial charge in [-0.3, -0.25) is 0 Å². The number of anilines is 1. The summed E-state index contributed by atoms with van der Waals surface area (Å²) in [5.74, 6) is -0.413. The summed E-state index contributed by atoms with van der Waals surface area (Å²) in [6, 6.07) is 5.76. The standard InChI is InChI=1S/C22H31ClN2O2S2/c1-3-4-5-6-7-8-9-10-11-14-24-22(28)25-16-12-13-17-18(15-16)29-20(19(17)23)21(26)27-2/h12-13,15H,3-11,14H2,1-2H3,(H2,24,25,28). The van der Waals surface area contributed by atoms with E-state index in [2.05, 4.69) is 17.6 Å². The van der Waals surface area contributed by atoms with Gasteiger partial charge in [0, 0.05) is 22.3 Å². The number of halogens is 1. The van der Waals surface area contributed by atoms with Crippen molar-refractivity contribution in [3.05, 3.63) is 28.1 Å². The molecule has 0 atom stereocenters. The lowest BCUT2D eigenvalue weighted by molar-refractivity contribution is 0.0606. The van der Waals surface area contributed by atoms with Gasteiger partial charge in [-0.05, 0) is 36.8 Å². The highest BCUT2D eigenvalue weighted by molar-refractivity contribution is 7.80. The summed E-state index contributed by atoms with van der Waals surface area (Å²) in [5.41, 5.74) is 0.872. The average Bonchev–Trinajstić information content (AvgIpc) is 3.04. The average molecular weight is 455 g/mol. The number of benzene rings is 1. The van der Waals surface area contributed by atoms with E-state index in [4.69, 9.17) is 28.6 Å². The molecule has 7 heteroatoms. The number of nitrogens with one attached hydrogen (secondary N) is 2. The molecule has 0 fully saturated rings. The molecule has 1 aromatic carbocycles. The highest BCUT2D eigenvalue weighted by atomic mass is 35.5. The monoisotopic (exact) mass is 454 g/mol. The lowest BCUT2D eigenvalue weighted by Crippen LogP contribution is -2.29. The molecular formula is C22H31ClN2O2S2. The summed E-state index contributed by atoms with van der Waals surface area (Å²) in [6.07, 6.45) is 11.8. The van der Waals surface area contributed by atoms with Crippen molar-refractivity contribution in [1.82, 2.24) is 5.32 Å². The molecule has 0 saturated carbocycles. The third-order valence-corrected chi connectivity index (χ3v) is 6.71. The van der Waals surface area contributed by atoms with E-state index >= 15 is 0 Å². The van der Waals surface area contributed by atoms with Crippen LogP contribution in [0.3, 0.4) is 0 Å². The van der Waals surface area contributed by atoms with Gasteiger partial charge in [0.05, 0.1) is 12.1 Å². The minimum Gasteiger partial charge on any atom is -0.465 e. The Morgan fingerprint density at radius 2 is 1.76 bits per heavy atom. The highest BCUT2D eigenvalue weighted by Gasteiger charge is 2.17. The Labute approximate surface area is 188 Å². The fraction of sp³-hybridized carbons (Fsp3) is 0.545. The maximum absolute atomic E-state index is 11.8. The number of fused-ring (bicyclic) bond motifs is 1. The first-order valence-corrected chi connectivity index (χ1v) is 12.0. The van der Waals surface area contributed by atoms with E-state index in [1.54, 1.807) is 0 Å². The number of thiophene rings is 1. The molecule has 2 rings (SSSR count). The van der Waals surface area contributed by atoms with Crippen LogP contribution in [0.25, 0.3) is 10.1 Å². The molecule has 4 nitrogen and oxygen atoms in total. The molecule has 1 heterocycles. The number of methoxy groups -OCH3 is 1. The van der Waals surface area contributed by atoms with E-state index < -0.39 is 5.97 Å². The predicted molar refractivity (Wildman–Crippen MR) is 130 cm³/mol. The van der Waals surface area contributed by atoms with E-state index in [-0.39, 0.29) is 0 Å². The maximum Gasteiger partial charge on any atom is 0.349 e. The molecule has 29 heavy (non-hydrogen) atoms. The number of ether oxygens (including phenoxy) is 1. The zero-order valence-corrected chi connectivity index (χ0v) is 19.7. The van der Waals surface area contributed by atoms with Gasteiger partial charge < -0.3 is 15.4 Å². The second kappa shape index (κ2) is 13.0. The SMILES string of the molecule is CCCCCCCCCCCNC(=S)Nc1ccc2c(Cl)c(C(=O)OC)sc2c1. The van der Waals surface area contributed by atoms with Crippen molar-refractivity contribution in [3.8, 4) is 0 Å². The quantitative estimate of drug-likeness (QED) is 0.202. The van der Waals surface area contributed by atoms with Crippen molar-refractivity contribution in [1.29, 1.82) is 0 Å². The molecule has 0 aliphatic heterocycles. The third-order valence-electron chi connectivity index (χ3n) is 4.82. The molecule has 0 amide bonds. The largest absolute Gasteiger partial charge is 0.465 e. The van der Waals surface area contributed by atoms with Crippen LogP contribution in [0.1, 0.15) is 74.4 Å². The van der Waals surface area contributed by atoms with Crippen LogP contribution >= 0.6 is 35.2 Å². The highest BCUT2D eigenvalue weighted by Crippen LogP contribution is 2.37. The van der Waals surface area contributed by atoms with Crippen LogP contribution in [-0.2, 0) is 4.74 Å². The predicted octanol–water partition coefficient (Wildman–Crippen LogP) is 7.16. The summed E-state index contributed by atoms with van der Waals surface area (Å²) < 4.78 is 5.70. The van der Waals surface area contributed by atoms with Crippen molar-refractivity contribution in [2.45, 2.75) is 64.7 Å². The molecule has 0 radical (unpaired) electrons. The Hall–Kier alpha value is -1.37. The molecule has 0 spiro atoms. The van der Waals surface area contributed by atoms with Crippen LogP contribution in [0.2, 0.25) is 5.02 Å². The summed E-state index contributed by atoms with van der Waals surface area (Å²) in [4.78, 5) is 12.2. The number of thiocarbonyl (C=S) groups is 1. The zero-order chi connectivity index (χ0) is 21.1. The number of carbonyl (C=O) groups excluding carboxylic acids is 1. The number of rotatable bonds is 12. The van der Waals surface area contributed by atoms with Gasteiger partial charge in [-0.15, -0.1) is 11.3 Å². The summed E-state index contributed by atoms with van der Waals surface area (Å²) >= 11 is 13.0. The first-order valence-electron chi connectivity index (χ1n) is 10.4. The van der Waals surface area contributed by atoms with E-state index in [1.807, 2.05) is 18.2 Å². The summed E-state index contributed by atoms with van der Waals surface area (Å²) in [6.45, 7) is 3.13. The van der Waals surface area contributed by atoms with E-state index in [9.17, 15) is 4.79 Å². The normalized spacial score (nSPS) is 10.9. The van der Waals surface area contributed by atoms with Crippen molar-refractivity contribution in [3.63, 3.8) is 0 Å². The molecular weight excluding hydrogens is 424 g/mol. The van der Waals surface area contributed by atoms with Crippen LogP contribution < -0.4 is 10.6 Å². The molecule has 0 aliphatic rings. The molecule has 1 aromatic heterocycles. The second-order valence-corrected chi connectivity index (χ2v) is 9.00. The Balaban J connectivity index is 1.70. The number of esters is 1. The van der Waals surface area contributed by atoms with Gasteiger partial charge in [0.2, 0.25) is 0 Å². The first-order chi connectivity index (χ1) is 14.1. The molecule has 0 unspecified atom stereocenters. The van der Waals surface area contributed by atoms with Crippen molar-refractivity contribution >= 4 is 62.0 Å². The molecule has 0 bridgehead atoms. The number of unbranched alkanes of at least 4 members (excludes halogenated alkanes) is 8. The molecule has 2 N–H and O–H groups in total. The minimum absolute atomic E-state index is 0.413. The minimum atomic E-state index is -0.413. The van der Waals surface area contributed by atoms with E-state index in [0.29, 0.717) is 15.0 Å².